The van der Waals surface area contributed by atoms with E-state index in [0.717, 1.165) is 25.0 Å². The van der Waals surface area contributed by atoms with E-state index in [9.17, 15) is 9.59 Å². The smallest absolute Gasteiger partial charge is 0.243 e. The van der Waals surface area contributed by atoms with Crippen molar-refractivity contribution in [3.63, 3.8) is 0 Å². The summed E-state index contributed by atoms with van der Waals surface area (Å²) in [5.74, 6) is 1.72. The van der Waals surface area contributed by atoms with Gasteiger partial charge in [0.25, 0.3) is 0 Å². The number of carbonyl (C=O) groups is 2. The Morgan fingerprint density at radius 2 is 2.16 bits per heavy atom. The molecule has 1 aliphatic heterocycles. The third-order valence-corrected chi connectivity index (χ3v) is 5.01. The zero-order valence-corrected chi connectivity index (χ0v) is 12.5. The monoisotopic (exact) mass is 285 g/mol. The van der Waals surface area contributed by atoms with E-state index in [1.165, 1.54) is 0 Å². The fourth-order valence-corrected chi connectivity index (χ4v) is 3.40. The highest BCUT2D eigenvalue weighted by Gasteiger charge is 2.39. The summed E-state index contributed by atoms with van der Waals surface area (Å²) in [6.45, 7) is 2.61. The molecule has 19 heavy (non-hydrogen) atoms. The molecule has 0 bridgehead atoms. The summed E-state index contributed by atoms with van der Waals surface area (Å²) < 4.78 is 0. The van der Waals surface area contributed by atoms with Gasteiger partial charge in [-0.15, -0.1) is 11.8 Å². The van der Waals surface area contributed by atoms with Gasteiger partial charge in [0.2, 0.25) is 11.8 Å². The van der Waals surface area contributed by atoms with Crippen molar-refractivity contribution in [3.8, 4) is 0 Å². The van der Waals surface area contributed by atoms with Gasteiger partial charge < -0.3 is 15.5 Å². The zero-order chi connectivity index (χ0) is 13.8. The van der Waals surface area contributed by atoms with Gasteiger partial charge in [0.05, 0.1) is 5.88 Å². The van der Waals surface area contributed by atoms with Crippen LogP contribution in [0.5, 0.6) is 0 Å². The maximum absolute atomic E-state index is 12.3. The quantitative estimate of drug-likeness (QED) is 0.768. The average Bonchev–Trinajstić information content (AvgIpc) is 2.82. The number of hydrogen-bond acceptors (Lipinski definition) is 4. The molecule has 0 radical (unpaired) electrons. The lowest BCUT2D eigenvalue weighted by Gasteiger charge is -2.31. The molecule has 1 heterocycles. The predicted molar refractivity (Wildman–Crippen MR) is 76.8 cm³/mol. The predicted octanol–water partition coefficient (Wildman–Crippen LogP) is 0.412. The highest BCUT2D eigenvalue weighted by molar-refractivity contribution is 7.99. The fourth-order valence-electron chi connectivity index (χ4n) is 2.24. The Hall–Kier alpha value is -0.750. The molecule has 2 rings (SSSR count). The Morgan fingerprint density at radius 3 is 2.74 bits per heavy atom. The van der Waals surface area contributed by atoms with Crippen molar-refractivity contribution in [2.24, 2.45) is 5.92 Å². The third-order valence-electron chi connectivity index (χ3n) is 4.00. The Labute approximate surface area is 118 Å². The normalized spacial score (nSPS) is 24.9. The molecule has 108 valence electrons. The standard InChI is InChI=1S/C13H23N3O2S/c1-9(14-2)6-15-12(17)11-7-19-8-16(11)13(18)10-4-3-5-10/h9-11,14H,3-8H2,1-2H3,(H,15,17). The number of thioether (sulfide) groups is 1. The van der Waals surface area contributed by atoms with Crippen LogP contribution in [0, 0.1) is 5.92 Å². The lowest BCUT2D eigenvalue weighted by Crippen LogP contribution is -2.51. The molecule has 2 amide bonds. The summed E-state index contributed by atoms with van der Waals surface area (Å²) in [6, 6.07) is -0.0315. The second kappa shape index (κ2) is 6.61. The molecular formula is C13H23N3O2S. The molecule has 1 saturated carbocycles. The summed E-state index contributed by atoms with van der Waals surface area (Å²) in [4.78, 5) is 26.2. The van der Waals surface area contributed by atoms with Crippen LogP contribution in [0.25, 0.3) is 0 Å². The first-order valence-electron chi connectivity index (χ1n) is 6.96. The lowest BCUT2D eigenvalue weighted by atomic mass is 9.84. The SMILES string of the molecule is CNC(C)CNC(=O)C1CSCN1C(=O)C1CCC1. The minimum Gasteiger partial charge on any atom is -0.353 e. The van der Waals surface area contributed by atoms with Crippen molar-refractivity contribution in [2.75, 3.05) is 25.2 Å². The molecule has 1 aliphatic carbocycles. The van der Waals surface area contributed by atoms with Crippen LogP contribution in [0.2, 0.25) is 0 Å². The van der Waals surface area contributed by atoms with Crippen LogP contribution in [-0.2, 0) is 9.59 Å². The van der Waals surface area contributed by atoms with Crippen molar-refractivity contribution < 1.29 is 9.59 Å². The number of hydrogen-bond donors (Lipinski definition) is 2. The van der Waals surface area contributed by atoms with Gasteiger partial charge in [0, 0.05) is 24.3 Å². The molecule has 2 aliphatic rings. The van der Waals surface area contributed by atoms with E-state index in [1.54, 1.807) is 16.7 Å². The second-order valence-corrected chi connectivity index (χ2v) is 6.39. The van der Waals surface area contributed by atoms with Crippen molar-refractivity contribution in [3.05, 3.63) is 0 Å². The van der Waals surface area contributed by atoms with E-state index < -0.39 is 0 Å². The van der Waals surface area contributed by atoms with Crippen LogP contribution in [0.3, 0.4) is 0 Å². The molecule has 6 heteroatoms. The Morgan fingerprint density at radius 1 is 1.42 bits per heavy atom. The van der Waals surface area contributed by atoms with E-state index in [1.807, 2.05) is 14.0 Å². The number of likely N-dealkylation sites (N-methyl/N-ethyl adjacent to an activating group) is 1. The molecule has 5 nitrogen and oxygen atoms in total. The third kappa shape index (κ3) is 3.42. The van der Waals surface area contributed by atoms with Crippen LogP contribution in [-0.4, -0.2) is 54.0 Å². The Balaban J connectivity index is 1.86. The molecular weight excluding hydrogens is 262 g/mol. The highest BCUT2D eigenvalue weighted by Crippen LogP contribution is 2.32. The summed E-state index contributed by atoms with van der Waals surface area (Å²) in [5.41, 5.74) is 0. The first kappa shape index (κ1) is 14.7. The van der Waals surface area contributed by atoms with Gasteiger partial charge in [-0.05, 0) is 26.8 Å². The van der Waals surface area contributed by atoms with Crippen molar-refractivity contribution in [1.82, 2.24) is 15.5 Å². The van der Waals surface area contributed by atoms with Crippen LogP contribution < -0.4 is 10.6 Å². The lowest BCUT2D eigenvalue weighted by molar-refractivity contribution is -0.143. The van der Waals surface area contributed by atoms with Gasteiger partial charge in [-0.25, -0.2) is 0 Å². The average molecular weight is 285 g/mol. The number of nitrogens with zero attached hydrogens (tertiary/aromatic N) is 1. The second-order valence-electron chi connectivity index (χ2n) is 5.39. The highest BCUT2D eigenvalue weighted by atomic mass is 32.2. The first-order valence-corrected chi connectivity index (χ1v) is 8.12. The van der Waals surface area contributed by atoms with Gasteiger partial charge >= 0.3 is 0 Å². The maximum atomic E-state index is 12.3. The van der Waals surface area contributed by atoms with Gasteiger partial charge in [-0.1, -0.05) is 6.42 Å². The van der Waals surface area contributed by atoms with Gasteiger partial charge in [-0.3, -0.25) is 9.59 Å². The zero-order valence-electron chi connectivity index (χ0n) is 11.6. The summed E-state index contributed by atoms with van der Waals surface area (Å²) in [6.07, 6.45) is 3.13. The summed E-state index contributed by atoms with van der Waals surface area (Å²) in [5, 5.41) is 6.01. The molecule has 1 saturated heterocycles. The van der Waals surface area contributed by atoms with E-state index in [2.05, 4.69) is 10.6 Å². The van der Waals surface area contributed by atoms with Crippen molar-refractivity contribution >= 4 is 23.6 Å². The summed E-state index contributed by atoms with van der Waals surface area (Å²) in [7, 11) is 1.87. The van der Waals surface area contributed by atoms with E-state index in [0.29, 0.717) is 12.4 Å². The molecule has 2 unspecified atom stereocenters. The van der Waals surface area contributed by atoms with Crippen LogP contribution in [0.15, 0.2) is 0 Å². The van der Waals surface area contributed by atoms with Crippen molar-refractivity contribution in [1.29, 1.82) is 0 Å². The van der Waals surface area contributed by atoms with Crippen LogP contribution in [0.1, 0.15) is 26.2 Å². The molecule has 0 aromatic rings. The topological polar surface area (TPSA) is 61.4 Å². The minimum absolute atomic E-state index is 0.0141. The van der Waals surface area contributed by atoms with Gasteiger partial charge in [0.15, 0.2) is 0 Å². The maximum Gasteiger partial charge on any atom is 0.243 e. The van der Waals surface area contributed by atoms with E-state index in [4.69, 9.17) is 0 Å². The Bertz CT molecular complexity index is 347. The number of carbonyl (C=O) groups excluding carboxylic acids is 2. The molecule has 2 atom stereocenters. The molecule has 0 aromatic carbocycles. The number of amides is 2. The first-order chi connectivity index (χ1) is 9.13. The van der Waals surface area contributed by atoms with Crippen molar-refractivity contribution in [2.45, 2.75) is 38.3 Å². The van der Waals surface area contributed by atoms with Crippen LogP contribution >= 0.6 is 11.8 Å². The molecule has 0 aromatic heterocycles. The van der Waals surface area contributed by atoms with Gasteiger partial charge in [-0.2, -0.15) is 0 Å². The number of rotatable bonds is 5. The fraction of sp³-hybridized carbons (Fsp3) is 0.846. The van der Waals surface area contributed by atoms with Crippen LogP contribution in [0.4, 0.5) is 0 Å². The van der Waals surface area contributed by atoms with Gasteiger partial charge in [0.1, 0.15) is 6.04 Å². The van der Waals surface area contributed by atoms with E-state index in [-0.39, 0.29) is 29.8 Å². The van der Waals surface area contributed by atoms with E-state index >= 15 is 0 Å². The Kier molecular flexibility index (Phi) is 5.10. The molecule has 2 fully saturated rings. The minimum atomic E-state index is -0.276. The largest absolute Gasteiger partial charge is 0.353 e. The molecule has 0 spiro atoms. The summed E-state index contributed by atoms with van der Waals surface area (Å²) >= 11 is 1.67. The molecule has 2 N–H and O–H groups in total. The number of nitrogens with one attached hydrogen (secondary N) is 2.